The van der Waals surface area contributed by atoms with Crippen LogP contribution in [0, 0.1) is 0 Å². The maximum Gasteiger partial charge on any atom is 0.443 e. The molecule has 0 rings (SSSR count). The number of guanidine groups is 1. The minimum absolute atomic E-state index is 0. The molecule has 0 aliphatic rings. The van der Waals surface area contributed by atoms with E-state index in [9.17, 15) is 0 Å². The van der Waals surface area contributed by atoms with Crippen molar-refractivity contribution in [1.29, 1.82) is 0 Å². The fourth-order valence-electron chi connectivity index (χ4n) is 6.16. The van der Waals surface area contributed by atoms with Gasteiger partial charge in [0.05, 0.1) is 39.3 Å². The maximum atomic E-state index is 4.11. The third-order valence-electron chi connectivity index (χ3n) is 8.94. The van der Waals surface area contributed by atoms with Crippen LogP contribution in [0.4, 0.5) is 0 Å². The molecule has 0 aliphatic carbocycles. The van der Waals surface area contributed by atoms with Gasteiger partial charge < -0.3 is 0 Å². The maximum absolute atomic E-state index is 4.11. The summed E-state index contributed by atoms with van der Waals surface area (Å²) in [6.45, 7) is 21.7. The van der Waals surface area contributed by atoms with Crippen LogP contribution < -0.4 is 5.32 Å². The van der Waals surface area contributed by atoms with Gasteiger partial charge in [-0.3, -0.25) is 0 Å². The summed E-state index contributed by atoms with van der Waals surface area (Å²) in [7, 11) is 0. The zero-order chi connectivity index (χ0) is 29.6. The molecule has 0 unspecified atom stereocenters. The molecule has 0 amide bonds. The van der Waals surface area contributed by atoms with E-state index in [1.807, 2.05) is 0 Å². The number of rotatable bonds is 30. The van der Waals surface area contributed by atoms with Gasteiger partial charge in [0.25, 0.3) is 0 Å². The highest BCUT2D eigenvalue weighted by molar-refractivity contribution is 5.85. The van der Waals surface area contributed by atoms with Gasteiger partial charge in [0.1, 0.15) is 0 Å². The molecule has 3 nitrogen and oxygen atoms in total. The van der Waals surface area contributed by atoms with Crippen LogP contribution in [0.1, 0.15) is 196 Å². The van der Waals surface area contributed by atoms with Crippen molar-refractivity contribution in [3.05, 3.63) is 0 Å². The van der Waals surface area contributed by atoms with E-state index >= 15 is 0 Å². The van der Waals surface area contributed by atoms with Crippen LogP contribution in [0.3, 0.4) is 0 Å². The van der Waals surface area contributed by atoms with E-state index < -0.39 is 0 Å². The van der Waals surface area contributed by atoms with E-state index in [1.165, 1.54) is 191 Å². The van der Waals surface area contributed by atoms with E-state index in [-0.39, 0.29) is 12.4 Å². The van der Waals surface area contributed by atoms with Gasteiger partial charge in [0.15, 0.2) is 0 Å². The van der Waals surface area contributed by atoms with Crippen molar-refractivity contribution in [1.82, 2.24) is 5.32 Å². The molecule has 0 fully saturated rings. The molecular formula is C37H80ClN3+2. The Labute approximate surface area is 267 Å². The lowest BCUT2D eigenvalue weighted by Crippen LogP contribution is -2.63. The molecule has 1 N–H and O–H groups in total. The lowest BCUT2D eigenvalue weighted by molar-refractivity contribution is -0.869. The van der Waals surface area contributed by atoms with E-state index in [4.69, 9.17) is 0 Å². The third kappa shape index (κ3) is 22.9. The first kappa shape index (κ1) is 42.9. The molecule has 0 radical (unpaired) electrons. The van der Waals surface area contributed by atoms with Gasteiger partial charge in [-0.05, 0) is 44.9 Å². The van der Waals surface area contributed by atoms with Crippen LogP contribution >= 0.6 is 12.4 Å². The highest BCUT2D eigenvalue weighted by atomic mass is 35.5. The lowest BCUT2D eigenvalue weighted by Gasteiger charge is -2.37. The molecule has 4 heteroatoms. The van der Waals surface area contributed by atoms with Gasteiger partial charge in [-0.1, -0.05) is 151 Å². The minimum Gasteiger partial charge on any atom is -0.226 e. The largest absolute Gasteiger partial charge is 0.443 e. The van der Waals surface area contributed by atoms with Gasteiger partial charge in [-0.2, -0.15) is 0 Å². The molecule has 0 spiro atoms. The Hall–Kier alpha value is -0.280. The normalized spacial score (nSPS) is 11.5. The van der Waals surface area contributed by atoms with Crippen molar-refractivity contribution < 1.29 is 9.06 Å². The summed E-state index contributed by atoms with van der Waals surface area (Å²) in [4.78, 5) is 0. The second-order valence-corrected chi connectivity index (χ2v) is 12.9. The van der Waals surface area contributed by atoms with Crippen LogP contribution in [0.5, 0.6) is 0 Å². The topological polar surface area (TPSA) is 15.0 Å². The Bertz CT molecular complexity index is 530. The molecule has 0 aromatic heterocycles. The zero-order valence-corrected chi connectivity index (χ0v) is 30.3. The average molecular weight is 603 g/mol. The number of nitrogens with one attached hydrogen (secondary N) is 1. The van der Waals surface area contributed by atoms with Crippen molar-refractivity contribution in [2.24, 2.45) is 0 Å². The number of hydrogen-bond acceptors (Lipinski definition) is 0. The summed E-state index contributed by atoms with van der Waals surface area (Å²) in [6.07, 6.45) is 33.2. The Kier molecular flexibility index (Phi) is 34.1. The number of halogens is 1. The molecular weight excluding hydrogens is 522 g/mol. The highest BCUT2D eigenvalue weighted by Crippen LogP contribution is 2.19. The fraction of sp³-hybridized carbons (Fsp3) is 0.973. The van der Waals surface area contributed by atoms with E-state index in [0.29, 0.717) is 0 Å². The van der Waals surface area contributed by atoms with Crippen molar-refractivity contribution in [2.45, 2.75) is 196 Å². The van der Waals surface area contributed by atoms with Gasteiger partial charge in [0, 0.05) is 0 Å². The Morgan fingerprint density at radius 2 is 0.756 bits per heavy atom. The summed E-state index contributed by atoms with van der Waals surface area (Å²) in [5, 5.41) is 4.11. The third-order valence-corrected chi connectivity index (χ3v) is 8.94. The van der Waals surface area contributed by atoms with Gasteiger partial charge >= 0.3 is 5.96 Å². The standard InChI is InChI=1S/C37H78N3.ClH/c1-7-13-19-20-21-22-23-24-25-26-27-28-29-30-36-40(34-17-11-5,35-18-12-6)37(38-31-14-8-2)39(32-15-9-3)33-16-10-4;/h7-36H2,1-6H3;1H/q+1;/p+1. The average Bonchev–Trinajstić information content (AvgIpc) is 2.97. The number of unbranched alkanes of at least 4 members (excludes halogenated alkanes) is 18. The molecule has 0 aromatic rings. The first-order valence-corrected chi connectivity index (χ1v) is 18.9. The van der Waals surface area contributed by atoms with Crippen LogP contribution in [0.25, 0.3) is 0 Å². The zero-order valence-electron chi connectivity index (χ0n) is 29.5. The first-order chi connectivity index (χ1) is 19.7. The molecule has 41 heavy (non-hydrogen) atoms. The first-order valence-electron chi connectivity index (χ1n) is 18.9. The Morgan fingerprint density at radius 1 is 0.415 bits per heavy atom. The second-order valence-electron chi connectivity index (χ2n) is 12.9. The van der Waals surface area contributed by atoms with Crippen molar-refractivity contribution in [3.63, 3.8) is 0 Å². The van der Waals surface area contributed by atoms with Gasteiger partial charge in [-0.15, -0.1) is 12.4 Å². The fourth-order valence-corrected chi connectivity index (χ4v) is 6.16. The molecule has 0 bridgehead atoms. The van der Waals surface area contributed by atoms with Crippen LogP contribution in [0.15, 0.2) is 0 Å². The molecule has 0 atom stereocenters. The predicted molar refractivity (Wildman–Crippen MR) is 190 cm³/mol. The molecule has 0 aromatic carbocycles. The quantitative estimate of drug-likeness (QED) is 0.0284. The van der Waals surface area contributed by atoms with Crippen molar-refractivity contribution >= 4 is 18.4 Å². The smallest absolute Gasteiger partial charge is 0.226 e. The Balaban J connectivity index is 0. The second kappa shape index (κ2) is 32.6. The molecule has 0 aliphatic heterocycles. The van der Waals surface area contributed by atoms with Crippen molar-refractivity contribution in [3.8, 4) is 0 Å². The SMILES string of the molecule is CCCCCCCCCCCCCCCC[N+](CCCC)(CCCC)C(NCCCC)=[N+](CCCC)CCCC.Cl. The van der Waals surface area contributed by atoms with Crippen molar-refractivity contribution in [2.75, 3.05) is 39.3 Å². The number of hydrogen-bond donors (Lipinski definition) is 1. The summed E-state index contributed by atoms with van der Waals surface area (Å²) in [5.74, 6) is 1.60. The molecule has 0 saturated heterocycles. The summed E-state index contributed by atoms with van der Waals surface area (Å²) in [5.41, 5.74) is 0. The summed E-state index contributed by atoms with van der Waals surface area (Å²) in [6, 6.07) is 0. The number of nitrogens with zero attached hydrogens (tertiary/aromatic N) is 2. The monoisotopic (exact) mass is 602 g/mol. The van der Waals surface area contributed by atoms with E-state index in [2.05, 4.69) is 51.4 Å². The summed E-state index contributed by atoms with van der Waals surface area (Å²) < 4.78 is 4.04. The predicted octanol–water partition coefficient (Wildman–Crippen LogP) is 11.7. The minimum atomic E-state index is 0. The summed E-state index contributed by atoms with van der Waals surface area (Å²) >= 11 is 0. The van der Waals surface area contributed by atoms with Gasteiger partial charge in [0.2, 0.25) is 0 Å². The molecule has 0 heterocycles. The van der Waals surface area contributed by atoms with Gasteiger partial charge in [-0.25, -0.2) is 14.4 Å². The van der Waals surface area contributed by atoms with Crippen LogP contribution in [-0.4, -0.2) is 54.3 Å². The van der Waals surface area contributed by atoms with E-state index in [0.717, 1.165) is 6.54 Å². The van der Waals surface area contributed by atoms with Crippen LogP contribution in [-0.2, 0) is 0 Å². The lowest BCUT2D eigenvalue weighted by atomic mass is 10.0. The molecule has 248 valence electrons. The Morgan fingerprint density at radius 3 is 1.15 bits per heavy atom. The highest BCUT2D eigenvalue weighted by Gasteiger charge is 2.40. The molecule has 0 saturated carbocycles. The number of quaternary nitrogens is 1. The van der Waals surface area contributed by atoms with Crippen LogP contribution in [0.2, 0.25) is 0 Å². The van der Waals surface area contributed by atoms with E-state index in [1.54, 1.807) is 5.96 Å².